The third-order valence-corrected chi connectivity index (χ3v) is 0. The van der Waals surface area contributed by atoms with Crippen molar-refractivity contribution in [3.05, 3.63) is 9.71 Å². The molecule has 0 heterocycles. The summed E-state index contributed by atoms with van der Waals surface area (Å²) in [6.45, 7) is 0. The highest BCUT2D eigenvalue weighted by molar-refractivity contribution is 6.92. The third-order valence-electron chi connectivity index (χ3n) is 0. The summed E-state index contributed by atoms with van der Waals surface area (Å²) in [5.74, 6) is 0. The van der Waals surface area contributed by atoms with E-state index in [0.717, 1.165) is 0 Å². The summed E-state index contributed by atoms with van der Waals surface area (Å²) in [6, 6.07) is 0. The molecule has 3 nitrogen and oxygen atoms in total. The van der Waals surface area contributed by atoms with Gasteiger partial charge in [0, 0.05) is 0 Å². The van der Waals surface area contributed by atoms with Crippen molar-refractivity contribution in [2.45, 2.75) is 0 Å². The molecular formula is H3O3P. The molecule has 0 aliphatic carbocycles. The second-order valence-corrected chi connectivity index (χ2v) is 0.0680. The second kappa shape index (κ2) is 13.8. The highest BCUT2D eigenvalue weighted by atomic mass is 31.0. The van der Waals surface area contributed by atoms with Gasteiger partial charge in [0.05, 0.1) is 0 Å². The molecule has 0 radical (unpaired) electrons. The summed E-state index contributed by atoms with van der Waals surface area (Å²) in [6.07, 6.45) is 0. The molecule has 0 fully saturated rings. The molecular weight excluding hydrogens is 79.0 g/mol. The zero-order valence-corrected chi connectivity index (χ0v) is 3.35. The maximum atomic E-state index is 7.88. The summed E-state index contributed by atoms with van der Waals surface area (Å²) in [7, 11) is 0. The van der Waals surface area contributed by atoms with Crippen LogP contribution in [0.4, 0.5) is 0 Å². The molecule has 0 aromatic carbocycles. The first-order valence-electron chi connectivity index (χ1n) is 0.333. The molecule has 0 aromatic rings. The average Bonchev–Trinajstić information content (AvgIpc) is 0.918. The van der Waals surface area contributed by atoms with Crippen LogP contribution in [0.15, 0.2) is 0 Å². The van der Waals surface area contributed by atoms with Crippen LogP contribution in [-0.2, 0) is 0 Å². The summed E-state index contributed by atoms with van der Waals surface area (Å²) < 4.78 is 1.75. The van der Waals surface area contributed by atoms with Crippen LogP contribution >= 0.6 is 9.90 Å². The van der Waals surface area contributed by atoms with Gasteiger partial charge in [-0.25, -0.2) is 0 Å². The first kappa shape index (κ1) is 9.16. The summed E-state index contributed by atoms with van der Waals surface area (Å²) in [5, 5.41) is 7.88. The van der Waals surface area contributed by atoms with Crippen LogP contribution in [0.3, 0.4) is 0 Å². The monoisotopic (exact) mass is 82.0 g/mol. The molecule has 0 N–H and O–H groups in total. The quantitative estimate of drug-likeness (QED) is 0.162. The van der Waals surface area contributed by atoms with Gasteiger partial charge in [0.25, 0.3) is 0 Å². The van der Waals surface area contributed by atoms with E-state index in [9.17, 15) is 0 Å². The minimum Gasteiger partial charge on any atom is -0.153 e. The van der Waals surface area contributed by atoms with Crippen LogP contribution in [-0.4, -0.2) is 0 Å². The molecule has 26 valence electrons. The van der Waals surface area contributed by atoms with Crippen molar-refractivity contribution < 1.29 is 5.26 Å². The standard InChI is InChI=1S/O3.H3P/c1-3-2;/h;1H3. The fraction of sp³-hybridized carbons (Fsp3) is 0. The zero-order chi connectivity index (χ0) is 2.71. The van der Waals surface area contributed by atoms with Crippen LogP contribution in [0.25, 0.3) is 0 Å². The average molecular weight is 82.0 g/mol. The molecule has 0 saturated carbocycles. The van der Waals surface area contributed by atoms with Crippen molar-refractivity contribution in [1.82, 2.24) is 0 Å². The molecule has 0 aromatic heterocycles. The van der Waals surface area contributed by atoms with E-state index in [-0.39, 0.29) is 9.90 Å². The number of hydrogen-bond donors (Lipinski definition) is 0. The lowest BCUT2D eigenvalue weighted by Crippen LogP contribution is -1.82. The van der Waals surface area contributed by atoms with Gasteiger partial charge in [0.1, 0.15) is 0 Å². The lowest BCUT2D eigenvalue weighted by Gasteiger charge is -1.19. The van der Waals surface area contributed by atoms with Crippen LogP contribution < -0.4 is 5.26 Å². The minimum atomic E-state index is 0. The van der Waals surface area contributed by atoms with Crippen LogP contribution in [0.1, 0.15) is 0 Å². The Hall–Kier alpha value is -0.170. The SMILES string of the molecule is O=[O+][O-].P. The number of rotatable bonds is 0. The van der Waals surface area contributed by atoms with Gasteiger partial charge >= 0.3 is 0 Å². The van der Waals surface area contributed by atoms with E-state index in [1.807, 2.05) is 0 Å². The molecule has 0 aliphatic rings. The Labute approximate surface area is 26.1 Å². The van der Waals surface area contributed by atoms with Gasteiger partial charge in [-0.3, -0.25) is 0 Å². The predicted molar refractivity (Wildman–Crippen MR) is 17.8 cm³/mol. The van der Waals surface area contributed by atoms with Gasteiger partial charge in [-0.2, -0.15) is 9.90 Å². The third kappa shape index (κ3) is 43.6. The molecule has 0 amide bonds. The molecule has 4 heteroatoms. The maximum Gasteiger partial charge on any atom is 0.154 e. The van der Waals surface area contributed by atoms with E-state index in [1.165, 1.54) is 0 Å². The van der Waals surface area contributed by atoms with Crippen molar-refractivity contribution in [2.75, 3.05) is 0 Å². The second-order valence-electron chi connectivity index (χ2n) is 0.0680. The van der Waals surface area contributed by atoms with Crippen molar-refractivity contribution in [1.29, 1.82) is 0 Å². The number of hydrogen-bond acceptors (Lipinski definition) is 2. The molecule has 0 bridgehead atoms. The van der Waals surface area contributed by atoms with Gasteiger partial charge in [0.15, 0.2) is 4.75 Å². The Bertz CT molecular complexity index is 10.8. The van der Waals surface area contributed by atoms with Crippen molar-refractivity contribution in [3.8, 4) is 0 Å². The van der Waals surface area contributed by atoms with E-state index in [4.69, 9.17) is 10.2 Å². The van der Waals surface area contributed by atoms with Gasteiger partial charge in [-0.05, 0) is 0 Å². The molecule has 0 saturated heterocycles. The molecule has 0 rings (SSSR count). The van der Waals surface area contributed by atoms with E-state index < -0.39 is 0 Å². The highest BCUT2D eigenvalue weighted by Gasteiger charge is 1.27. The van der Waals surface area contributed by atoms with Gasteiger partial charge in [-0.1, -0.05) is 10.2 Å². The van der Waals surface area contributed by atoms with E-state index in [2.05, 4.69) is 0 Å². The van der Waals surface area contributed by atoms with Crippen LogP contribution in [0.5, 0.6) is 0 Å². The topological polar surface area (TPSA) is 51.4 Å². The van der Waals surface area contributed by atoms with Gasteiger partial charge in [0.2, 0.25) is 0 Å². The highest BCUT2D eigenvalue weighted by Crippen LogP contribution is 1.00. The Morgan fingerprint density at radius 2 is 1.75 bits per heavy atom. The van der Waals surface area contributed by atoms with E-state index in [0.29, 0.717) is 0 Å². The first-order chi connectivity index (χ1) is 1.41. The van der Waals surface area contributed by atoms with Crippen molar-refractivity contribution in [2.24, 2.45) is 0 Å². The maximum absolute atomic E-state index is 7.88. The Morgan fingerprint density at radius 3 is 1.75 bits per heavy atom. The summed E-state index contributed by atoms with van der Waals surface area (Å²) in [5.41, 5.74) is 0. The van der Waals surface area contributed by atoms with Gasteiger partial charge in [-0.15, -0.1) is 0 Å². The summed E-state index contributed by atoms with van der Waals surface area (Å²) in [4.78, 5) is 7.88. The van der Waals surface area contributed by atoms with Crippen molar-refractivity contribution in [3.63, 3.8) is 0 Å². The lowest BCUT2D eigenvalue weighted by atomic mass is 14.8. The predicted octanol–water partition coefficient (Wildman–Crippen LogP) is -1.06. The Morgan fingerprint density at radius 1 is 1.75 bits per heavy atom. The van der Waals surface area contributed by atoms with Crippen molar-refractivity contribution >= 4 is 9.90 Å². The molecule has 0 spiro atoms. The fourth-order valence-electron chi connectivity index (χ4n) is 0. The molecule has 1 atom stereocenters. The molecule has 4 heavy (non-hydrogen) atoms. The largest absolute Gasteiger partial charge is 0.154 e. The van der Waals surface area contributed by atoms with Crippen LogP contribution in [0.2, 0.25) is 0 Å². The summed E-state index contributed by atoms with van der Waals surface area (Å²) >= 11 is 0. The van der Waals surface area contributed by atoms with Gasteiger partial charge < -0.3 is 0 Å². The zero-order valence-electron chi connectivity index (χ0n) is 1.93. The van der Waals surface area contributed by atoms with E-state index in [1.54, 1.807) is 4.75 Å². The Kier molecular flexibility index (Phi) is 31.5. The van der Waals surface area contributed by atoms with E-state index >= 15 is 0 Å². The fourth-order valence-corrected chi connectivity index (χ4v) is 0. The smallest absolute Gasteiger partial charge is 0.153 e. The van der Waals surface area contributed by atoms with Crippen LogP contribution in [0, 0.1) is 9.71 Å². The first-order valence-corrected chi connectivity index (χ1v) is 0.333. The normalized spacial score (nSPS) is 3.00. The lowest BCUT2D eigenvalue weighted by molar-refractivity contribution is -0.284. The Balaban J connectivity index is 0. The molecule has 0 aliphatic heterocycles. The minimum absolute atomic E-state index is 0. The molecule has 1 unspecified atom stereocenters.